The molecule has 5 nitrogen and oxygen atoms in total. The van der Waals surface area contributed by atoms with Gasteiger partial charge in [-0.15, -0.1) is 0 Å². The lowest BCUT2D eigenvalue weighted by molar-refractivity contribution is -0.117. The molecular formula is C20H22ClNO4. The van der Waals surface area contributed by atoms with E-state index in [-0.39, 0.29) is 11.9 Å². The average molecular weight is 376 g/mol. The SMILES string of the molecule is COc1cc(OC)c(OC)cc1/C=C/C(=O)N[C@@H](C)c1cccc(Cl)c1. The topological polar surface area (TPSA) is 56.8 Å². The highest BCUT2D eigenvalue weighted by atomic mass is 35.5. The average Bonchev–Trinajstić information content (AvgIpc) is 2.65. The largest absolute Gasteiger partial charge is 0.496 e. The Bertz CT molecular complexity index is 804. The minimum absolute atomic E-state index is 0.168. The maximum atomic E-state index is 12.2. The number of ether oxygens (including phenoxy) is 3. The summed E-state index contributed by atoms with van der Waals surface area (Å²) in [4.78, 5) is 12.2. The van der Waals surface area contributed by atoms with Gasteiger partial charge < -0.3 is 19.5 Å². The number of carbonyl (C=O) groups is 1. The number of methoxy groups -OCH3 is 3. The van der Waals surface area contributed by atoms with Crippen molar-refractivity contribution in [3.63, 3.8) is 0 Å². The van der Waals surface area contributed by atoms with E-state index in [0.717, 1.165) is 5.56 Å². The summed E-state index contributed by atoms with van der Waals surface area (Å²) in [6.07, 6.45) is 3.12. The lowest BCUT2D eigenvalue weighted by atomic mass is 10.1. The molecule has 138 valence electrons. The van der Waals surface area contributed by atoms with Crippen LogP contribution in [0.15, 0.2) is 42.5 Å². The summed E-state index contributed by atoms with van der Waals surface area (Å²) in [6, 6.07) is 10.7. The molecule has 2 aromatic carbocycles. The molecule has 0 aromatic heterocycles. The zero-order valence-electron chi connectivity index (χ0n) is 15.2. The summed E-state index contributed by atoms with van der Waals surface area (Å²) in [5.74, 6) is 1.46. The van der Waals surface area contributed by atoms with E-state index in [1.54, 1.807) is 45.6 Å². The summed E-state index contributed by atoms with van der Waals surface area (Å²) in [5.41, 5.74) is 1.64. The van der Waals surface area contributed by atoms with Crippen LogP contribution in [0.2, 0.25) is 5.02 Å². The second kappa shape index (κ2) is 9.15. The zero-order valence-corrected chi connectivity index (χ0v) is 16.0. The Balaban J connectivity index is 2.14. The molecular weight excluding hydrogens is 354 g/mol. The van der Waals surface area contributed by atoms with Crippen LogP contribution in [0.4, 0.5) is 0 Å². The molecule has 0 saturated carbocycles. The first-order valence-electron chi connectivity index (χ1n) is 8.02. The van der Waals surface area contributed by atoms with Gasteiger partial charge in [-0.05, 0) is 36.8 Å². The Hall–Kier alpha value is -2.66. The van der Waals surface area contributed by atoms with E-state index < -0.39 is 0 Å². The van der Waals surface area contributed by atoms with Crippen LogP contribution in [-0.4, -0.2) is 27.2 Å². The van der Waals surface area contributed by atoms with Crippen LogP contribution in [-0.2, 0) is 4.79 Å². The smallest absolute Gasteiger partial charge is 0.244 e. The number of halogens is 1. The molecule has 0 bridgehead atoms. The van der Waals surface area contributed by atoms with Gasteiger partial charge in [-0.25, -0.2) is 0 Å². The van der Waals surface area contributed by atoms with Gasteiger partial charge in [0, 0.05) is 22.7 Å². The highest BCUT2D eigenvalue weighted by Gasteiger charge is 2.11. The van der Waals surface area contributed by atoms with Crippen LogP contribution in [0.5, 0.6) is 17.2 Å². The third-order valence-corrected chi connectivity index (χ3v) is 4.09. The molecule has 0 saturated heterocycles. The van der Waals surface area contributed by atoms with Crippen LogP contribution >= 0.6 is 11.6 Å². The fourth-order valence-corrected chi connectivity index (χ4v) is 2.67. The molecule has 0 aliphatic carbocycles. The molecule has 0 heterocycles. The van der Waals surface area contributed by atoms with Crippen LogP contribution in [0, 0.1) is 0 Å². The molecule has 0 fully saturated rings. The molecule has 0 aliphatic rings. The molecule has 1 atom stereocenters. The van der Waals surface area contributed by atoms with E-state index in [0.29, 0.717) is 27.8 Å². The minimum atomic E-state index is -0.227. The molecule has 2 rings (SSSR count). The molecule has 0 spiro atoms. The van der Waals surface area contributed by atoms with E-state index in [4.69, 9.17) is 25.8 Å². The van der Waals surface area contributed by atoms with Crippen molar-refractivity contribution in [3.05, 3.63) is 58.6 Å². The van der Waals surface area contributed by atoms with Crippen molar-refractivity contribution in [1.82, 2.24) is 5.32 Å². The third kappa shape index (κ3) is 4.92. The van der Waals surface area contributed by atoms with Gasteiger partial charge >= 0.3 is 0 Å². The second-order valence-electron chi connectivity index (χ2n) is 5.57. The van der Waals surface area contributed by atoms with Crippen molar-refractivity contribution in [3.8, 4) is 17.2 Å². The van der Waals surface area contributed by atoms with Gasteiger partial charge in [0.25, 0.3) is 0 Å². The number of benzene rings is 2. The highest BCUT2D eigenvalue weighted by Crippen LogP contribution is 2.35. The number of nitrogens with one attached hydrogen (secondary N) is 1. The fourth-order valence-electron chi connectivity index (χ4n) is 2.47. The van der Waals surface area contributed by atoms with E-state index in [1.165, 1.54) is 6.08 Å². The zero-order chi connectivity index (χ0) is 19.1. The van der Waals surface area contributed by atoms with Gasteiger partial charge in [0.2, 0.25) is 5.91 Å². The van der Waals surface area contributed by atoms with Gasteiger partial charge in [-0.2, -0.15) is 0 Å². The number of amides is 1. The van der Waals surface area contributed by atoms with Crippen LogP contribution in [0.3, 0.4) is 0 Å². The third-order valence-electron chi connectivity index (χ3n) is 3.86. The number of hydrogen-bond acceptors (Lipinski definition) is 4. The Morgan fingerprint density at radius 1 is 1.04 bits per heavy atom. The van der Waals surface area contributed by atoms with Gasteiger partial charge in [-0.3, -0.25) is 4.79 Å². The lowest BCUT2D eigenvalue weighted by Crippen LogP contribution is -2.24. The van der Waals surface area contributed by atoms with E-state index in [1.807, 2.05) is 25.1 Å². The second-order valence-corrected chi connectivity index (χ2v) is 6.00. The Morgan fingerprint density at radius 3 is 2.31 bits per heavy atom. The molecule has 6 heteroatoms. The van der Waals surface area contributed by atoms with Gasteiger partial charge in [0.1, 0.15) is 5.75 Å². The van der Waals surface area contributed by atoms with Crippen LogP contribution in [0.25, 0.3) is 6.08 Å². The maximum absolute atomic E-state index is 12.2. The monoisotopic (exact) mass is 375 g/mol. The molecule has 0 unspecified atom stereocenters. The quantitative estimate of drug-likeness (QED) is 0.735. The van der Waals surface area contributed by atoms with E-state index in [2.05, 4.69) is 5.32 Å². The Kier molecular flexibility index (Phi) is 6.92. The minimum Gasteiger partial charge on any atom is -0.496 e. The van der Waals surface area contributed by atoms with Crippen molar-refractivity contribution in [2.24, 2.45) is 0 Å². The summed E-state index contributed by atoms with van der Waals surface area (Å²) in [5, 5.41) is 3.53. The van der Waals surface area contributed by atoms with Crippen molar-refractivity contribution in [2.45, 2.75) is 13.0 Å². The van der Waals surface area contributed by atoms with Crippen molar-refractivity contribution >= 4 is 23.6 Å². The summed E-state index contributed by atoms with van der Waals surface area (Å²) >= 11 is 5.99. The van der Waals surface area contributed by atoms with Crippen molar-refractivity contribution in [1.29, 1.82) is 0 Å². The molecule has 1 N–H and O–H groups in total. The first kappa shape index (κ1) is 19.7. The lowest BCUT2D eigenvalue weighted by Gasteiger charge is -2.14. The summed E-state index contributed by atoms with van der Waals surface area (Å²) < 4.78 is 15.9. The normalized spacial score (nSPS) is 11.9. The maximum Gasteiger partial charge on any atom is 0.244 e. The van der Waals surface area contributed by atoms with Crippen LogP contribution in [0.1, 0.15) is 24.1 Å². The summed E-state index contributed by atoms with van der Waals surface area (Å²) in [6.45, 7) is 1.90. The van der Waals surface area contributed by atoms with Gasteiger partial charge in [0.15, 0.2) is 11.5 Å². The number of rotatable bonds is 7. The highest BCUT2D eigenvalue weighted by molar-refractivity contribution is 6.30. The fraction of sp³-hybridized carbons (Fsp3) is 0.250. The van der Waals surface area contributed by atoms with E-state index >= 15 is 0 Å². The Morgan fingerprint density at radius 2 is 1.69 bits per heavy atom. The molecule has 0 aliphatic heterocycles. The Labute approximate surface area is 158 Å². The standard InChI is InChI=1S/C20H22ClNO4/c1-13(14-6-5-7-16(21)10-14)22-20(23)9-8-15-11-18(25-3)19(26-4)12-17(15)24-2/h5-13H,1-4H3,(H,22,23)/b9-8+/t13-/m0/s1. The predicted octanol–water partition coefficient (Wildman–Crippen LogP) is 4.26. The van der Waals surface area contributed by atoms with Crippen molar-refractivity contribution in [2.75, 3.05) is 21.3 Å². The number of carbonyl (C=O) groups excluding carboxylic acids is 1. The summed E-state index contributed by atoms with van der Waals surface area (Å²) in [7, 11) is 4.66. The molecule has 26 heavy (non-hydrogen) atoms. The van der Waals surface area contributed by atoms with E-state index in [9.17, 15) is 4.79 Å². The molecule has 1 amide bonds. The van der Waals surface area contributed by atoms with Gasteiger partial charge in [0.05, 0.1) is 27.4 Å². The van der Waals surface area contributed by atoms with Gasteiger partial charge in [-0.1, -0.05) is 23.7 Å². The van der Waals surface area contributed by atoms with Crippen LogP contribution < -0.4 is 19.5 Å². The van der Waals surface area contributed by atoms with Crippen molar-refractivity contribution < 1.29 is 19.0 Å². The molecule has 0 radical (unpaired) electrons. The first-order chi connectivity index (χ1) is 12.5. The number of hydrogen-bond donors (Lipinski definition) is 1. The first-order valence-corrected chi connectivity index (χ1v) is 8.40. The predicted molar refractivity (Wildman–Crippen MR) is 103 cm³/mol. The molecule has 2 aromatic rings.